The number of carbonyl (C=O) groups is 2. The number of rotatable bonds is 8. The topological polar surface area (TPSA) is 75.4 Å². The largest absolute Gasteiger partial charge is 0.334 e. The van der Waals surface area contributed by atoms with E-state index in [0.29, 0.717) is 40.5 Å². The molecule has 7 heteroatoms. The van der Waals surface area contributed by atoms with Crippen molar-refractivity contribution >= 4 is 29.1 Å². The summed E-state index contributed by atoms with van der Waals surface area (Å²) in [5.41, 5.74) is 7.74. The molecule has 0 radical (unpaired) electrons. The van der Waals surface area contributed by atoms with E-state index in [1.165, 1.54) is 24.3 Å². The molecule has 3 rings (SSSR count). The number of amides is 2. The van der Waals surface area contributed by atoms with E-state index in [1.54, 1.807) is 35.2 Å². The number of hydrogen-bond donors (Lipinski definition) is 2. The van der Waals surface area contributed by atoms with Crippen LogP contribution in [0.1, 0.15) is 40.1 Å². The maximum absolute atomic E-state index is 13.3. The average molecular weight is 468 g/mol. The smallest absolute Gasteiger partial charge is 0.255 e. The predicted octanol–water partition coefficient (Wildman–Crippen LogP) is 5.36. The molecule has 5 nitrogen and oxygen atoms in total. The van der Waals surface area contributed by atoms with Gasteiger partial charge in [-0.15, -0.1) is 0 Å². The Morgan fingerprint density at radius 2 is 1.67 bits per heavy atom. The first-order valence-corrected chi connectivity index (χ1v) is 11.0. The Balaban J connectivity index is 1.85. The van der Waals surface area contributed by atoms with E-state index in [4.69, 9.17) is 17.3 Å². The fourth-order valence-corrected chi connectivity index (χ4v) is 3.51. The fraction of sp³-hybridized carbons (Fsp3) is 0.231. The van der Waals surface area contributed by atoms with E-state index in [1.807, 2.05) is 32.0 Å². The molecule has 0 saturated carbocycles. The van der Waals surface area contributed by atoms with Crippen LogP contribution in [0.2, 0.25) is 5.02 Å². The summed E-state index contributed by atoms with van der Waals surface area (Å²) in [5, 5.41) is 3.27. The molecule has 0 aliphatic heterocycles. The molecule has 0 unspecified atom stereocenters. The van der Waals surface area contributed by atoms with Gasteiger partial charge in [0.2, 0.25) is 0 Å². The summed E-state index contributed by atoms with van der Waals surface area (Å²) in [6.45, 7) is 5.08. The number of carbonyl (C=O) groups excluding carboxylic acids is 2. The third kappa shape index (κ3) is 6.63. The molecule has 0 atom stereocenters. The molecule has 0 aromatic heterocycles. The molecular formula is C26H27ClFN3O2. The summed E-state index contributed by atoms with van der Waals surface area (Å²) in [7, 11) is 0. The molecule has 3 aromatic carbocycles. The molecule has 3 N–H and O–H groups in total. The Hall–Kier alpha value is -3.22. The highest BCUT2D eigenvalue weighted by Gasteiger charge is 2.25. The predicted molar refractivity (Wildman–Crippen MR) is 130 cm³/mol. The molecule has 2 amide bonds. The highest BCUT2D eigenvalue weighted by molar-refractivity contribution is 6.31. The van der Waals surface area contributed by atoms with Gasteiger partial charge >= 0.3 is 0 Å². The first-order chi connectivity index (χ1) is 15.7. The van der Waals surface area contributed by atoms with Crippen molar-refractivity contribution in [1.82, 2.24) is 4.90 Å². The van der Waals surface area contributed by atoms with Gasteiger partial charge in [0.05, 0.1) is 0 Å². The normalized spacial score (nSPS) is 11.2. The van der Waals surface area contributed by atoms with E-state index in [9.17, 15) is 14.0 Å². The number of hydrogen-bond acceptors (Lipinski definition) is 3. The Morgan fingerprint density at radius 1 is 1.00 bits per heavy atom. The lowest BCUT2D eigenvalue weighted by Crippen LogP contribution is -2.41. The maximum Gasteiger partial charge on any atom is 0.255 e. The highest BCUT2D eigenvalue weighted by atomic mass is 35.5. The lowest BCUT2D eigenvalue weighted by atomic mass is 9.92. The van der Waals surface area contributed by atoms with Gasteiger partial charge in [-0.05, 0) is 72.1 Å². The number of halogens is 2. The Bertz CT molecular complexity index is 1120. The molecule has 0 bridgehead atoms. The van der Waals surface area contributed by atoms with Gasteiger partial charge in [-0.3, -0.25) is 9.59 Å². The highest BCUT2D eigenvalue weighted by Crippen LogP contribution is 2.26. The number of anilines is 1. The van der Waals surface area contributed by atoms with Crippen LogP contribution in [0, 0.1) is 11.2 Å². The molecule has 0 spiro atoms. The summed E-state index contributed by atoms with van der Waals surface area (Å²) in [6.07, 6.45) is 0. The Kier molecular flexibility index (Phi) is 7.84. The Labute approximate surface area is 198 Å². The molecule has 0 aliphatic rings. The van der Waals surface area contributed by atoms with E-state index < -0.39 is 5.82 Å². The van der Waals surface area contributed by atoms with Crippen molar-refractivity contribution in [2.24, 2.45) is 11.1 Å². The monoisotopic (exact) mass is 467 g/mol. The summed E-state index contributed by atoms with van der Waals surface area (Å²) in [4.78, 5) is 27.5. The van der Waals surface area contributed by atoms with Gasteiger partial charge < -0.3 is 16.0 Å². The molecule has 0 aliphatic carbocycles. The van der Waals surface area contributed by atoms with Crippen LogP contribution in [-0.2, 0) is 6.54 Å². The fourth-order valence-electron chi connectivity index (χ4n) is 3.33. The van der Waals surface area contributed by atoms with Crippen molar-refractivity contribution in [2.75, 3.05) is 18.4 Å². The van der Waals surface area contributed by atoms with E-state index in [2.05, 4.69) is 5.32 Å². The lowest BCUT2D eigenvalue weighted by Gasteiger charge is -2.32. The quantitative estimate of drug-likeness (QED) is 0.468. The SMILES string of the molecule is CC(C)(CN)CN(Cc1cc(NC(=O)c2ccc(F)cc2)ccc1Cl)C(=O)c1ccccc1. The summed E-state index contributed by atoms with van der Waals surface area (Å²) >= 11 is 6.45. The zero-order valence-corrected chi connectivity index (χ0v) is 19.4. The van der Waals surface area contributed by atoms with Crippen LogP contribution >= 0.6 is 11.6 Å². The maximum atomic E-state index is 13.3. The van der Waals surface area contributed by atoms with Crippen molar-refractivity contribution in [3.8, 4) is 0 Å². The van der Waals surface area contributed by atoms with E-state index in [-0.39, 0.29) is 23.8 Å². The molecule has 0 fully saturated rings. The zero-order chi connectivity index (χ0) is 24.0. The van der Waals surface area contributed by atoms with Crippen LogP contribution in [0.25, 0.3) is 0 Å². The van der Waals surface area contributed by atoms with Crippen molar-refractivity contribution in [3.05, 3.63) is 100 Å². The van der Waals surface area contributed by atoms with Crippen LogP contribution in [0.4, 0.5) is 10.1 Å². The van der Waals surface area contributed by atoms with Gasteiger partial charge in [0.1, 0.15) is 5.82 Å². The van der Waals surface area contributed by atoms with E-state index >= 15 is 0 Å². The average Bonchev–Trinajstić information content (AvgIpc) is 2.81. The van der Waals surface area contributed by atoms with Gasteiger partial charge in [-0.2, -0.15) is 0 Å². The van der Waals surface area contributed by atoms with Crippen LogP contribution < -0.4 is 11.1 Å². The summed E-state index contributed by atoms with van der Waals surface area (Å²) in [6, 6.07) is 19.4. The molecule has 33 heavy (non-hydrogen) atoms. The number of nitrogens with one attached hydrogen (secondary N) is 1. The van der Waals surface area contributed by atoms with Crippen molar-refractivity contribution < 1.29 is 14.0 Å². The third-order valence-electron chi connectivity index (χ3n) is 5.25. The van der Waals surface area contributed by atoms with Crippen molar-refractivity contribution in [1.29, 1.82) is 0 Å². The summed E-state index contributed by atoms with van der Waals surface area (Å²) < 4.78 is 13.1. The minimum Gasteiger partial charge on any atom is -0.334 e. The number of nitrogens with two attached hydrogens (primary N) is 1. The van der Waals surface area contributed by atoms with Crippen molar-refractivity contribution in [2.45, 2.75) is 20.4 Å². The van der Waals surface area contributed by atoms with Crippen molar-refractivity contribution in [3.63, 3.8) is 0 Å². The second-order valence-electron chi connectivity index (χ2n) is 8.66. The van der Waals surface area contributed by atoms with Gasteiger partial charge in [0.25, 0.3) is 11.8 Å². The minimum absolute atomic E-state index is 0.131. The van der Waals surface area contributed by atoms with Crippen LogP contribution in [0.15, 0.2) is 72.8 Å². The van der Waals surface area contributed by atoms with Gasteiger partial charge in [-0.1, -0.05) is 43.6 Å². The van der Waals surface area contributed by atoms with Crippen LogP contribution in [-0.4, -0.2) is 29.8 Å². The minimum atomic E-state index is -0.413. The molecule has 0 heterocycles. The third-order valence-corrected chi connectivity index (χ3v) is 5.62. The second kappa shape index (κ2) is 10.6. The van der Waals surface area contributed by atoms with Crippen LogP contribution in [0.5, 0.6) is 0 Å². The Morgan fingerprint density at radius 3 is 2.30 bits per heavy atom. The standard InChI is InChI=1S/C26H27ClFN3O2/c1-26(2,16-29)17-31(25(33)19-6-4-3-5-7-19)15-20-14-22(12-13-23(20)27)30-24(32)18-8-10-21(28)11-9-18/h3-14H,15-17,29H2,1-2H3,(H,30,32). The van der Waals surface area contributed by atoms with Gasteiger partial charge in [-0.25, -0.2) is 4.39 Å². The first-order valence-electron chi connectivity index (χ1n) is 10.6. The van der Waals surface area contributed by atoms with Gasteiger partial charge in [0.15, 0.2) is 0 Å². The number of benzene rings is 3. The van der Waals surface area contributed by atoms with Gasteiger partial charge in [0, 0.05) is 34.9 Å². The lowest BCUT2D eigenvalue weighted by molar-refractivity contribution is 0.0673. The first kappa shape index (κ1) is 24.4. The van der Waals surface area contributed by atoms with Crippen LogP contribution in [0.3, 0.4) is 0 Å². The molecular weight excluding hydrogens is 441 g/mol. The molecule has 172 valence electrons. The molecule has 3 aromatic rings. The second-order valence-corrected chi connectivity index (χ2v) is 9.07. The zero-order valence-electron chi connectivity index (χ0n) is 18.6. The number of nitrogens with zero attached hydrogens (tertiary/aromatic N) is 1. The summed E-state index contributed by atoms with van der Waals surface area (Å²) in [5.74, 6) is -0.914. The van der Waals surface area contributed by atoms with E-state index in [0.717, 1.165) is 0 Å². The molecule has 0 saturated heterocycles.